The first-order chi connectivity index (χ1) is 5.20. The van der Waals surface area contributed by atoms with Crippen molar-refractivity contribution in [2.24, 2.45) is 0 Å². The van der Waals surface area contributed by atoms with Crippen LogP contribution in [0.1, 0.15) is 12.5 Å². The molecule has 0 aromatic carbocycles. The van der Waals surface area contributed by atoms with E-state index in [2.05, 4.69) is 27.5 Å². The van der Waals surface area contributed by atoms with E-state index in [-0.39, 0.29) is 0 Å². The summed E-state index contributed by atoms with van der Waals surface area (Å²) in [5.41, 5.74) is 2.41. The van der Waals surface area contributed by atoms with Gasteiger partial charge >= 0.3 is 0 Å². The normalized spacial score (nSPS) is 9.64. The van der Waals surface area contributed by atoms with Crippen molar-refractivity contribution < 1.29 is 0 Å². The Kier molecular flexibility index (Phi) is 2.83. The Hall–Kier alpha value is -0.630. The summed E-state index contributed by atoms with van der Waals surface area (Å²) in [6, 6.07) is 2.00. The zero-order valence-corrected chi connectivity index (χ0v) is 8.06. The summed E-state index contributed by atoms with van der Waals surface area (Å²) in [5, 5.41) is 0. The second kappa shape index (κ2) is 3.67. The van der Waals surface area contributed by atoms with Crippen LogP contribution in [-0.2, 0) is 6.42 Å². The second-order valence-corrected chi connectivity index (χ2v) is 3.46. The number of pyridine rings is 1. The fraction of sp³-hybridized carbons (Fsp3) is 0.222. The number of rotatable bonds is 2. The third-order valence-electron chi connectivity index (χ3n) is 1.35. The highest BCUT2D eigenvalue weighted by Gasteiger charge is 1.97. The molecule has 0 aliphatic rings. The van der Waals surface area contributed by atoms with E-state index >= 15 is 0 Å². The first kappa shape index (κ1) is 8.47. The van der Waals surface area contributed by atoms with E-state index in [9.17, 15) is 0 Å². The fourth-order valence-corrected chi connectivity index (χ4v) is 1.26. The van der Waals surface area contributed by atoms with Gasteiger partial charge < -0.3 is 0 Å². The molecule has 1 aromatic rings. The van der Waals surface area contributed by atoms with E-state index < -0.39 is 0 Å². The molecular weight excluding hydrogens is 202 g/mol. The van der Waals surface area contributed by atoms with Gasteiger partial charge in [0, 0.05) is 16.9 Å². The molecular formula is C9H10BrN. The van der Waals surface area contributed by atoms with Crippen LogP contribution in [0.4, 0.5) is 0 Å². The summed E-state index contributed by atoms with van der Waals surface area (Å²) in [7, 11) is 0. The molecule has 0 radical (unpaired) electrons. The van der Waals surface area contributed by atoms with Gasteiger partial charge in [-0.3, -0.25) is 4.98 Å². The van der Waals surface area contributed by atoms with Crippen molar-refractivity contribution in [2.75, 3.05) is 0 Å². The first-order valence-electron chi connectivity index (χ1n) is 3.43. The summed E-state index contributed by atoms with van der Waals surface area (Å²) in [6.45, 7) is 5.87. The third-order valence-corrected chi connectivity index (χ3v) is 2.06. The van der Waals surface area contributed by atoms with Crippen LogP contribution >= 0.6 is 15.9 Å². The van der Waals surface area contributed by atoms with Gasteiger partial charge in [0.2, 0.25) is 0 Å². The molecule has 1 rings (SSSR count). The Bertz CT molecular complexity index is 268. The van der Waals surface area contributed by atoms with Crippen molar-refractivity contribution in [3.8, 4) is 0 Å². The minimum atomic E-state index is 0.920. The molecule has 2 heteroatoms. The lowest BCUT2D eigenvalue weighted by Gasteiger charge is -2.01. The van der Waals surface area contributed by atoms with Crippen molar-refractivity contribution in [3.63, 3.8) is 0 Å². The number of allylic oxidation sites excluding steroid dienone is 1. The molecule has 0 atom stereocenters. The van der Waals surface area contributed by atoms with Crippen molar-refractivity contribution in [3.05, 3.63) is 40.6 Å². The van der Waals surface area contributed by atoms with Gasteiger partial charge in [0.05, 0.1) is 0 Å². The van der Waals surface area contributed by atoms with E-state index in [0.29, 0.717) is 0 Å². The standard InChI is InChI=1S/C9H10BrN/c1-7(2)5-8-3-4-11-6-9(8)10/h3-4,6H,1,5H2,2H3. The van der Waals surface area contributed by atoms with E-state index in [1.54, 1.807) is 12.4 Å². The van der Waals surface area contributed by atoms with Gasteiger partial charge in [0.1, 0.15) is 0 Å². The predicted molar refractivity (Wildman–Crippen MR) is 50.5 cm³/mol. The highest BCUT2D eigenvalue weighted by Crippen LogP contribution is 2.16. The summed E-state index contributed by atoms with van der Waals surface area (Å²) in [4.78, 5) is 3.98. The van der Waals surface area contributed by atoms with Crippen molar-refractivity contribution in [1.82, 2.24) is 4.98 Å². The van der Waals surface area contributed by atoms with Gasteiger partial charge in [-0.25, -0.2) is 0 Å². The molecule has 0 aliphatic heterocycles. The molecule has 0 saturated heterocycles. The Labute approximate surface area is 75.3 Å². The molecule has 0 unspecified atom stereocenters. The van der Waals surface area contributed by atoms with Gasteiger partial charge in [-0.1, -0.05) is 12.2 Å². The lowest BCUT2D eigenvalue weighted by molar-refractivity contribution is 1.12. The van der Waals surface area contributed by atoms with Gasteiger partial charge in [0.25, 0.3) is 0 Å². The molecule has 0 amide bonds. The summed E-state index contributed by atoms with van der Waals surface area (Å²) >= 11 is 3.42. The Morgan fingerprint density at radius 1 is 1.73 bits per heavy atom. The average Bonchev–Trinajstić information content (AvgIpc) is 1.93. The Morgan fingerprint density at radius 3 is 3.00 bits per heavy atom. The van der Waals surface area contributed by atoms with Crippen LogP contribution in [0.2, 0.25) is 0 Å². The Morgan fingerprint density at radius 2 is 2.45 bits per heavy atom. The van der Waals surface area contributed by atoms with Crippen LogP contribution in [0.25, 0.3) is 0 Å². The monoisotopic (exact) mass is 211 g/mol. The lowest BCUT2D eigenvalue weighted by atomic mass is 10.1. The molecule has 0 aliphatic carbocycles. The highest BCUT2D eigenvalue weighted by atomic mass is 79.9. The maximum Gasteiger partial charge on any atom is 0.0413 e. The van der Waals surface area contributed by atoms with E-state index in [4.69, 9.17) is 0 Å². The molecule has 1 aromatic heterocycles. The number of hydrogen-bond acceptors (Lipinski definition) is 1. The summed E-state index contributed by atoms with van der Waals surface area (Å²) < 4.78 is 1.06. The largest absolute Gasteiger partial charge is 0.264 e. The molecule has 1 heterocycles. The van der Waals surface area contributed by atoms with Crippen molar-refractivity contribution >= 4 is 15.9 Å². The first-order valence-corrected chi connectivity index (χ1v) is 4.22. The number of halogens is 1. The van der Waals surface area contributed by atoms with Gasteiger partial charge in [-0.15, -0.1) is 0 Å². The topological polar surface area (TPSA) is 12.9 Å². The average molecular weight is 212 g/mol. The highest BCUT2D eigenvalue weighted by molar-refractivity contribution is 9.10. The predicted octanol–water partition coefficient (Wildman–Crippen LogP) is 2.96. The van der Waals surface area contributed by atoms with Crippen LogP contribution in [0, 0.1) is 0 Å². The fourth-order valence-electron chi connectivity index (χ4n) is 0.872. The molecule has 1 nitrogen and oxygen atoms in total. The zero-order valence-electron chi connectivity index (χ0n) is 6.47. The van der Waals surface area contributed by atoms with Gasteiger partial charge in [-0.05, 0) is 40.9 Å². The molecule has 0 spiro atoms. The van der Waals surface area contributed by atoms with Crippen molar-refractivity contribution in [2.45, 2.75) is 13.3 Å². The van der Waals surface area contributed by atoms with Gasteiger partial charge in [0.15, 0.2) is 0 Å². The smallest absolute Gasteiger partial charge is 0.0413 e. The van der Waals surface area contributed by atoms with Gasteiger partial charge in [-0.2, -0.15) is 0 Å². The van der Waals surface area contributed by atoms with Crippen LogP contribution in [0.3, 0.4) is 0 Å². The number of aromatic nitrogens is 1. The van der Waals surface area contributed by atoms with Crippen LogP contribution in [0.5, 0.6) is 0 Å². The molecule has 11 heavy (non-hydrogen) atoms. The molecule has 0 saturated carbocycles. The second-order valence-electron chi connectivity index (χ2n) is 2.60. The van der Waals surface area contributed by atoms with E-state index in [1.807, 2.05) is 13.0 Å². The quantitative estimate of drug-likeness (QED) is 0.686. The summed E-state index contributed by atoms with van der Waals surface area (Å²) in [5.74, 6) is 0. The van der Waals surface area contributed by atoms with E-state index in [0.717, 1.165) is 16.5 Å². The van der Waals surface area contributed by atoms with E-state index in [1.165, 1.54) is 5.56 Å². The number of hydrogen-bond donors (Lipinski definition) is 0. The lowest BCUT2D eigenvalue weighted by Crippen LogP contribution is -1.87. The minimum Gasteiger partial charge on any atom is -0.264 e. The SMILES string of the molecule is C=C(C)Cc1ccncc1Br. The maximum absolute atomic E-state index is 3.98. The van der Waals surface area contributed by atoms with Crippen molar-refractivity contribution in [1.29, 1.82) is 0 Å². The van der Waals surface area contributed by atoms with Crippen LogP contribution in [0.15, 0.2) is 35.1 Å². The third kappa shape index (κ3) is 2.46. The molecule has 0 fully saturated rings. The summed E-state index contributed by atoms with van der Waals surface area (Å²) in [6.07, 6.45) is 4.52. The number of nitrogens with zero attached hydrogens (tertiary/aromatic N) is 1. The zero-order chi connectivity index (χ0) is 8.27. The van der Waals surface area contributed by atoms with Crippen LogP contribution < -0.4 is 0 Å². The maximum atomic E-state index is 3.98. The molecule has 0 bridgehead atoms. The minimum absolute atomic E-state index is 0.920. The molecule has 58 valence electrons. The Balaban J connectivity index is 2.86. The van der Waals surface area contributed by atoms with Crippen LogP contribution in [-0.4, -0.2) is 4.98 Å². The molecule has 0 N–H and O–H groups in total.